The molecule has 7 heteroatoms. The van der Waals surface area contributed by atoms with Gasteiger partial charge in [-0.05, 0) is 55.9 Å². The van der Waals surface area contributed by atoms with Crippen LogP contribution in [0.15, 0.2) is 29.1 Å². The Bertz CT molecular complexity index is 1090. The molecule has 0 atom stereocenters. The van der Waals surface area contributed by atoms with E-state index in [1.54, 1.807) is 11.3 Å². The summed E-state index contributed by atoms with van der Waals surface area (Å²) in [6.45, 7) is 2.86. The number of carbonyl (C=O) groups is 1. The van der Waals surface area contributed by atoms with Crippen LogP contribution in [0.4, 0.5) is 0 Å². The largest absolute Gasteiger partial charge is 0.492 e. The molecule has 6 nitrogen and oxygen atoms in total. The van der Waals surface area contributed by atoms with Gasteiger partial charge in [-0.3, -0.25) is 9.59 Å². The number of H-pyrrole nitrogens is 1. The standard InChI is InChI=1S/C22H25N3O3S/c1-14-5-4-6-15(13-14)28-12-11-23-19(26)10-9-18-24-21(27)20-16-7-2-3-8-17(16)29-22(20)25-18/h4-6,13H,2-3,7-12H2,1H3,(H,23,26)(H,24,25,27). The molecule has 29 heavy (non-hydrogen) atoms. The molecule has 0 spiro atoms. The van der Waals surface area contributed by atoms with Crippen LogP contribution in [0.3, 0.4) is 0 Å². The average Bonchev–Trinajstić information content (AvgIpc) is 3.08. The molecule has 3 aromatic rings. The molecule has 2 heterocycles. The molecule has 0 bridgehead atoms. The van der Waals surface area contributed by atoms with Crippen molar-refractivity contribution in [3.63, 3.8) is 0 Å². The van der Waals surface area contributed by atoms with Gasteiger partial charge in [0.2, 0.25) is 5.91 Å². The van der Waals surface area contributed by atoms with Gasteiger partial charge in [0, 0.05) is 17.7 Å². The Morgan fingerprint density at radius 3 is 3.03 bits per heavy atom. The third kappa shape index (κ3) is 4.67. The number of hydrogen-bond donors (Lipinski definition) is 2. The van der Waals surface area contributed by atoms with Crippen molar-refractivity contribution in [2.45, 2.75) is 45.4 Å². The van der Waals surface area contributed by atoms with Crippen LogP contribution in [0.2, 0.25) is 0 Å². The van der Waals surface area contributed by atoms with Gasteiger partial charge in [0.05, 0.1) is 11.9 Å². The summed E-state index contributed by atoms with van der Waals surface area (Å²) in [4.78, 5) is 34.2. The number of fused-ring (bicyclic) bond motifs is 3. The highest BCUT2D eigenvalue weighted by Gasteiger charge is 2.19. The fraction of sp³-hybridized carbons (Fsp3) is 0.409. The fourth-order valence-corrected chi connectivity index (χ4v) is 4.99. The van der Waals surface area contributed by atoms with E-state index in [4.69, 9.17) is 4.74 Å². The van der Waals surface area contributed by atoms with E-state index < -0.39 is 0 Å². The highest BCUT2D eigenvalue weighted by Crippen LogP contribution is 2.33. The lowest BCUT2D eigenvalue weighted by atomic mass is 9.97. The van der Waals surface area contributed by atoms with E-state index in [9.17, 15) is 9.59 Å². The zero-order valence-electron chi connectivity index (χ0n) is 16.5. The van der Waals surface area contributed by atoms with Crippen molar-refractivity contribution in [3.8, 4) is 5.75 Å². The van der Waals surface area contributed by atoms with E-state index in [1.807, 2.05) is 31.2 Å². The van der Waals surface area contributed by atoms with E-state index in [0.717, 1.165) is 40.8 Å². The summed E-state index contributed by atoms with van der Waals surface area (Å²) in [7, 11) is 0. The lowest BCUT2D eigenvalue weighted by molar-refractivity contribution is -0.121. The molecule has 1 aliphatic rings. The third-order valence-corrected chi connectivity index (χ3v) is 6.33. The van der Waals surface area contributed by atoms with Gasteiger partial charge in [-0.25, -0.2) is 4.98 Å². The predicted octanol–water partition coefficient (Wildman–Crippen LogP) is 3.30. The molecule has 2 aromatic heterocycles. The van der Waals surface area contributed by atoms with E-state index >= 15 is 0 Å². The Labute approximate surface area is 173 Å². The summed E-state index contributed by atoms with van der Waals surface area (Å²) in [6, 6.07) is 7.81. The Hall–Kier alpha value is -2.67. The number of amides is 1. The first-order chi connectivity index (χ1) is 14.1. The normalized spacial score (nSPS) is 13.3. The molecular formula is C22H25N3O3S. The first-order valence-corrected chi connectivity index (χ1v) is 10.9. The average molecular weight is 412 g/mol. The van der Waals surface area contributed by atoms with Crippen molar-refractivity contribution in [2.24, 2.45) is 0 Å². The van der Waals surface area contributed by atoms with Crippen LogP contribution in [-0.4, -0.2) is 29.0 Å². The van der Waals surface area contributed by atoms with Crippen LogP contribution in [0.5, 0.6) is 5.75 Å². The quantitative estimate of drug-likeness (QED) is 0.584. The van der Waals surface area contributed by atoms with Gasteiger partial charge in [-0.1, -0.05) is 12.1 Å². The monoisotopic (exact) mass is 411 g/mol. The first kappa shape index (κ1) is 19.6. The van der Waals surface area contributed by atoms with Crippen LogP contribution >= 0.6 is 11.3 Å². The molecular weight excluding hydrogens is 386 g/mol. The van der Waals surface area contributed by atoms with Crippen molar-refractivity contribution < 1.29 is 9.53 Å². The van der Waals surface area contributed by atoms with Crippen molar-refractivity contribution in [3.05, 3.63) is 56.4 Å². The van der Waals surface area contributed by atoms with Gasteiger partial charge < -0.3 is 15.0 Å². The number of nitrogens with zero attached hydrogens (tertiary/aromatic N) is 1. The number of aryl methyl sites for hydroxylation is 4. The molecule has 0 fully saturated rings. The smallest absolute Gasteiger partial charge is 0.259 e. The molecule has 152 valence electrons. The Kier molecular flexibility index (Phi) is 5.94. The molecule has 0 radical (unpaired) electrons. The molecule has 0 saturated heterocycles. The van der Waals surface area contributed by atoms with Crippen LogP contribution in [0.25, 0.3) is 10.2 Å². The van der Waals surface area contributed by atoms with Gasteiger partial charge in [0.15, 0.2) is 0 Å². The predicted molar refractivity (Wildman–Crippen MR) is 115 cm³/mol. The van der Waals surface area contributed by atoms with Crippen LogP contribution in [0.1, 0.15) is 41.1 Å². The van der Waals surface area contributed by atoms with Gasteiger partial charge in [0.25, 0.3) is 5.56 Å². The summed E-state index contributed by atoms with van der Waals surface area (Å²) in [5.41, 5.74) is 2.25. The van der Waals surface area contributed by atoms with Crippen molar-refractivity contribution >= 4 is 27.5 Å². The Morgan fingerprint density at radius 2 is 2.17 bits per heavy atom. The summed E-state index contributed by atoms with van der Waals surface area (Å²) >= 11 is 1.63. The number of thiophene rings is 1. The van der Waals surface area contributed by atoms with E-state index in [0.29, 0.717) is 25.4 Å². The number of nitrogens with one attached hydrogen (secondary N) is 2. The number of carbonyl (C=O) groups excluding carboxylic acids is 1. The highest BCUT2D eigenvalue weighted by atomic mass is 32.1. The summed E-state index contributed by atoms with van der Waals surface area (Å²) in [5.74, 6) is 1.30. The number of rotatable bonds is 7. The summed E-state index contributed by atoms with van der Waals surface area (Å²) < 4.78 is 5.63. The fourth-order valence-electron chi connectivity index (χ4n) is 3.71. The lowest BCUT2D eigenvalue weighted by Gasteiger charge is -2.09. The first-order valence-electron chi connectivity index (χ1n) is 10.1. The molecule has 0 aliphatic heterocycles. The van der Waals surface area contributed by atoms with E-state index in [-0.39, 0.29) is 17.9 Å². The van der Waals surface area contributed by atoms with Crippen LogP contribution < -0.4 is 15.6 Å². The zero-order chi connectivity index (χ0) is 20.2. The summed E-state index contributed by atoms with van der Waals surface area (Å²) in [6.07, 6.45) is 5.01. The van der Waals surface area contributed by atoms with Crippen LogP contribution in [-0.2, 0) is 24.1 Å². The number of benzene rings is 1. The van der Waals surface area contributed by atoms with Crippen molar-refractivity contribution in [1.29, 1.82) is 0 Å². The maximum absolute atomic E-state index is 12.5. The third-order valence-electron chi connectivity index (χ3n) is 5.15. The topological polar surface area (TPSA) is 84.1 Å². The van der Waals surface area contributed by atoms with E-state index in [1.165, 1.54) is 16.9 Å². The Morgan fingerprint density at radius 1 is 1.31 bits per heavy atom. The van der Waals surface area contributed by atoms with Gasteiger partial charge in [0.1, 0.15) is 23.0 Å². The molecule has 0 unspecified atom stereocenters. The minimum atomic E-state index is -0.0777. The van der Waals surface area contributed by atoms with Gasteiger partial charge in [-0.2, -0.15) is 0 Å². The number of aromatic amines is 1. The second-order valence-corrected chi connectivity index (χ2v) is 8.50. The lowest BCUT2D eigenvalue weighted by Crippen LogP contribution is -2.28. The second kappa shape index (κ2) is 8.78. The molecule has 4 rings (SSSR count). The minimum absolute atomic E-state index is 0.0728. The highest BCUT2D eigenvalue weighted by molar-refractivity contribution is 7.18. The van der Waals surface area contributed by atoms with Gasteiger partial charge in [-0.15, -0.1) is 11.3 Å². The minimum Gasteiger partial charge on any atom is -0.492 e. The molecule has 1 aromatic carbocycles. The molecule has 0 saturated carbocycles. The van der Waals surface area contributed by atoms with Gasteiger partial charge >= 0.3 is 0 Å². The SMILES string of the molecule is Cc1cccc(OCCNC(=O)CCc2nc3sc4c(c3c(=O)[nH]2)CCCC4)c1. The molecule has 1 amide bonds. The maximum Gasteiger partial charge on any atom is 0.259 e. The second-order valence-electron chi connectivity index (χ2n) is 7.42. The zero-order valence-corrected chi connectivity index (χ0v) is 17.4. The number of hydrogen-bond acceptors (Lipinski definition) is 5. The maximum atomic E-state index is 12.5. The molecule has 2 N–H and O–H groups in total. The number of aromatic nitrogens is 2. The Balaban J connectivity index is 1.29. The van der Waals surface area contributed by atoms with Crippen LogP contribution in [0, 0.1) is 6.92 Å². The van der Waals surface area contributed by atoms with Crippen molar-refractivity contribution in [1.82, 2.24) is 15.3 Å². The molecule has 1 aliphatic carbocycles. The summed E-state index contributed by atoms with van der Waals surface area (Å²) in [5, 5.41) is 3.60. The number of ether oxygens (including phenoxy) is 1. The van der Waals surface area contributed by atoms with E-state index in [2.05, 4.69) is 15.3 Å². The van der Waals surface area contributed by atoms with Crippen molar-refractivity contribution in [2.75, 3.05) is 13.2 Å².